The average Bonchev–Trinajstić information content (AvgIpc) is 3.01. The number of rotatable bonds is 2. The van der Waals surface area contributed by atoms with Crippen molar-refractivity contribution in [2.24, 2.45) is 17.8 Å². The van der Waals surface area contributed by atoms with Gasteiger partial charge in [0.1, 0.15) is 0 Å². The number of likely N-dealkylation sites (tertiary alicyclic amines) is 1. The third kappa shape index (κ3) is 1.47. The molecule has 3 rings (SSSR count). The molecule has 3 atom stereocenters. The van der Waals surface area contributed by atoms with Crippen LogP contribution in [0.15, 0.2) is 0 Å². The number of nitrogens with zero attached hydrogens (tertiary/aromatic N) is 1. The van der Waals surface area contributed by atoms with E-state index >= 15 is 0 Å². The van der Waals surface area contributed by atoms with Gasteiger partial charge in [0.05, 0.1) is 11.8 Å². The van der Waals surface area contributed by atoms with Gasteiger partial charge in [-0.1, -0.05) is 0 Å². The van der Waals surface area contributed by atoms with Crippen LogP contribution in [0.25, 0.3) is 0 Å². The minimum atomic E-state index is 0.0639. The van der Waals surface area contributed by atoms with E-state index < -0.39 is 0 Å². The summed E-state index contributed by atoms with van der Waals surface area (Å²) >= 11 is 0. The van der Waals surface area contributed by atoms with Crippen molar-refractivity contribution in [1.82, 2.24) is 10.2 Å². The first kappa shape index (κ1) is 9.33. The molecule has 0 bridgehead atoms. The first-order valence-electron chi connectivity index (χ1n) is 5.83. The van der Waals surface area contributed by atoms with Gasteiger partial charge in [-0.25, -0.2) is 0 Å². The zero-order chi connectivity index (χ0) is 10.4. The van der Waals surface area contributed by atoms with Gasteiger partial charge < -0.3 is 5.32 Å². The first-order chi connectivity index (χ1) is 7.27. The summed E-state index contributed by atoms with van der Waals surface area (Å²) in [6.07, 6.45) is 3.12. The van der Waals surface area contributed by atoms with Crippen molar-refractivity contribution in [3.05, 3.63) is 0 Å². The van der Waals surface area contributed by atoms with Gasteiger partial charge >= 0.3 is 0 Å². The highest BCUT2D eigenvalue weighted by Gasteiger charge is 2.58. The standard InChI is InChI=1S/C11H16N2O2/c14-10-8-4-9(8)11(15)13(10)6-7-2-1-3-12-5-7/h7-9,12H,1-6H2. The predicted octanol–water partition coefficient (Wildman–Crippen LogP) is -0.00910. The Morgan fingerprint density at radius 2 is 2.00 bits per heavy atom. The molecule has 4 nitrogen and oxygen atoms in total. The molecule has 0 aromatic rings. The quantitative estimate of drug-likeness (QED) is 0.649. The zero-order valence-electron chi connectivity index (χ0n) is 8.74. The number of carbonyl (C=O) groups is 2. The molecule has 0 radical (unpaired) electrons. The van der Waals surface area contributed by atoms with Gasteiger partial charge in [-0.2, -0.15) is 0 Å². The number of hydrogen-bond acceptors (Lipinski definition) is 3. The summed E-state index contributed by atoms with van der Waals surface area (Å²) in [6, 6.07) is 0. The number of imide groups is 1. The molecule has 1 aliphatic carbocycles. The number of hydrogen-bond donors (Lipinski definition) is 1. The van der Waals surface area contributed by atoms with E-state index in [1.165, 1.54) is 4.90 Å². The normalized spacial score (nSPS) is 39.5. The predicted molar refractivity (Wildman–Crippen MR) is 53.9 cm³/mol. The van der Waals surface area contributed by atoms with Gasteiger partial charge in [0, 0.05) is 6.54 Å². The molecule has 1 N–H and O–H groups in total. The Bertz CT molecular complexity index is 290. The van der Waals surface area contributed by atoms with Crippen molar-refractivity contribution in [2.75, 3.05) is 19.6 Å². The number of amides is 2. The van der Waals surface area contributed by atoms with Crippen molar-refractivity contribution in [3.8, 4) is 0 Å². The van der Waals surface area contributed by atoms with E-state index in [9.17, 15) is 9.59 Å². The third-order valence-electron chi connectivity index (χ3n) is 3.80. The molecule has 3 aliphatic rings. The third-order valence-corrected chi connectivity index (χ3v) is 3.80. The van der Waals surface area contributed by atoms with Gasteiger partial charge in [-0.15, -0.1) is 0 Å². The number of fused-ring (bicyclic) bond motifs is 1. The molecule has 2 heterocycles. The van der Waals surface area contributed by atoms with E-state index in [2.05, 4.69) is 5.32 Å². The number of piperidine rings is 2. The molecule has 82 valence electrons. The topological polar surface area (TPSA) is 49.4 Å². The molecule has 4 heteroatoms. The molecule has 3 unspecified atom stereocenters. The lowest BCUT2D eigenvalue weighted by Gasteiger charge is -2.27. The van der Waals surface area contributed by atoms with E-state index in [0.29, 0.717) is 12.5 Å². The monoisotopic (exact) mass is 208 g/mol. The van der Waals surface area contributed by atoms with Crippen molar-refractivity contribution < 1.29 is 9.59 Å². The second-order valence-corrected chi connectivity index (χ2v) is 4.95. The van der Waals surface area contributed by atoms with Crippen LogP contribution in [0.5, 0.6) is 0 Å². The smallest absolute Gasteiger partial charge is 0.233 e. The summed E-state index contributed by atoms with van der Waals surface area (Å²) < 4.78 is 0. The molecular formula is C11H16N2O2. The number of nitrogens with one attached hydrogen (secondary N) is 1. The fourth-order valence-corrected chi connectivity index (χ4v) is 2.77. The van der Waals surface area contributed by atoms with E-state index in [1.807, 2.05) is 0 Å². The zero-order valence-corrected chi connectivity index (χ0v) is 8.74. The Kier molecular flexibility index (Phi) is 2.06. The van der Waals surface area contributed by atoms with Crippen molar-refractivity contribution >= 4 is 11.8 Å². The molecule has 3 fully saturated rings. The molecule has 2 saturated heterocycles. The van der Waals surface area contributed by atoms with Gasteiger partial charge in [0.2, 0.25) is 11.8 Å². The van der Waals surface area contributed by atoms with Crippen LogP contribution < -0.4 is 5.32 Å². The fourth-order valence-electron chi connectivity index (χ4n) is 2.77. The minimum Gasteiger partial charge on any atom is -0.316 e. The Labute approximate surface area is 89.0 Å². The Morgan fingerprint density at radius 3 is 2.60 bits per heavy atom. The maximum absolute atomic E-state index is 11.7. The van der Waals surface area contributed by atoms with Gasteiger partial charge in [0.15, 0.2) is 0 Å². The summed E-state index contributed by atoms with van der Waals surface area (Å²) in [7, 11) is 0. The van der Waals surface area contributed by atoms with Crippen molar-refractivity contribution in [1.29, 1.82) is 0 Å². The van der Waals surface area contributed by atoms with Crippen LogP contribution in [-0.4, -0.2) is 36.3 Å². The molecule has 0 aromatic heterocycles. The highest BCUT2D eigenvalue weighted by Crippen LogP contribution is 2.47. The van der Waals surface area contributed by atoms with Crippen LogP contribution in [-0.2, 0) is 9.59 Å². The largest absolute Gasteiger partial charge is 0.316 e. The maximum Gasteiger partial charge on any atom is 0.233 e. The molecule has 0 aromatic carbocycles. The highest BCUT2D eigenvalue weighted by atomic mass is 16.2. The SMILES string of the molecule is O=C1C2CC2C(=O)N1CC1CCCNC1. The molecule has 2 amide bonds. The van der Waals surface area contributed by atoms with Crippen LogP contribution in [0.3, 0.4) is 0 Å². The lowest BCUT2D eigenvalue weighted by molar-refractivity contribution is -0.142. The first-order valence-corrected chi connectivity index (χ1v) is 5.83. The van der Waals surface area contributed by atoms with Gasteiger partial charge in [-0.3, -0.25) is 14.5 Å². The molecule has 0 spiro atoms. The summed E-state index contributed by atoms with van der Waals surface area (Å²) in [4.78, 5) is 24.9. The summed E-state index contributed by atoms with van der Waals surface area (Å²) in [5.41, 5.74) is 0. The number of carbonyl (C=O) groups excluding carboxylic acids is 2. The van der Waals surface area contributed by atoms with Crippen LogP contribution in [0, 0.1) is 17.8 Å². The van der Waals surface area contributed by atoms with Crippen LogP contribution >= 0.6 is 0 Å². The van der Waals surface area contributed by atoms with E-state index in [-0.39, 0.29) is 23.7 Å². The highest BCUT2D eigenvalue weighted by molar-refractivity contribution is 6.08. The summed E-state index contributed by atoms with van der Waals surface area (Å²) in [6.45, 7) is 2.67. The van der Waals surface area contributed by atoms with Gasteiger partial charge in [0.25, 0.3) is 0 Å². The Morgan fingerprint density at radius 1 is 1.27 bits per heavy atom. The van der Waals surface area contributed by atoms with E-state index in [1.54, 1.807) is 0 Å². The molecule has 15 heavy (non-hydrogen) atoms. The average molecular weight is 208 g/mol. The molecule has 2 aliphatic heterocycles. The fraction of sp³-hybridized carbons (Fsp3) is 0.818. The summed E-state index contributed by atoms with van der Waals surface area (Å²) in [5.74, 6) is 0.790. The lowest BCUT2D eigenvalue weighted by Crippen LogP contribution is -2.42. The van der Waals surface area contributed by atoms with Crippen molar-refractivity contribution in [3.63, 3.8) is 0 Å². The second-order valence-electron chi connectivity index (χ2n) is 4.95. The maximum atomic E-state index is 11.7. The van der Waals surface area contributed by atoms with Crippen LogP contribution in [0.1, 0.15) is 19.3 Å². The second kappa shape index (κ2) is 3.30. The molecular weight excluding hydrogens is 192 g/mol. The van der Waals surface area contributed by atoms with Gasteiger partial charge in [-0.05, 0) is 38.3 Å². The minimum absolute atomic E-state index is 0.0639. The van der Waals surface area contributed by atoms with Crippen LogP contribution in [0.4, 0.5) is 0 Å². The summed E-state index contributed by atoms with van der Waals surface area (Å²) in [5, 5.41) is 3.31. The van der Waals surface area contributed by atoms with E-state index in [4.69, 9.17) is 0 Å². The van der Waals surface area contributed by atoms with Crippen molar-refractivity contribution in [2.45, 2.75) is 19.3 Å². The Balaban J connectivity index is 1.63. The lowest BCUT2D eigenvalue weighted by atomic mass is 9.99. The van der Waals surface area contributed by atoms with E-state index in [0.717, 1.165) is 32.4 Å². The Hall–Kier alpha value is -0.900. The van der Waals surface area contributed by atoms with Crippen LogP contribution in [0.2, 0.25) is 0 Å². The molecule has 1 saturated carbocycles.